The molecule has 11 nitrogen and oxygen atoms in total. The number of likely N-dealkylation sites (tertiary alicyclic amines) is 1. The number of methoxy groups -OCH3 is 4. The first-order valence-electron chi connectivity index (χ1n) is 16.2. The monoisotopic (exact) mass is 629 g/mol. The standard InChI is InChI=1S/C34H47NO10/c1-7-35-16-31(17-40-3)14-13-21(41-4)33-20-15-32(39)28(44-30(38)19-11-9-8-10-12-19)22(20)34(45-18(2)36,27(37)29(32)43-6)23(26(33)35)24(42-5)25(31)33/h8-12,20-29,37,39H,7,13-17H2,1-6H3/t20-,21+,22-,23-,24-,25?,26+,27+,28-,29+,31+,32-,33-,34+/m1/s1. The van der Waals surface area contributed by atoms with E-state index in [1.807, 2.05) is 6.07 Å². The van der Waals surface area contributed by atoms with Crippen LogP contribution in [0.2, 0.25) is 0 Å². The van der Waals surface area contributed by atoms with Crippen molar-refractivity contribution in [2.45, 2.75) is 80.9 Å². The number of nitrogens with zero attached hydrogens (tertiary/aromatic N) is 1. The zero-order chi connectivity index (χ0) is 32.1. The van der Waals surface area contributed by atoms with E-state index in [2.05, 4.69) is 11.8 Å². The van der Waals surface area contributed by atoms with E-state index in [1.54, 1.807) is 45.6 Å². The number of aliphatic hydroxyl groups excluding tert-OH is 1. The van der Waals surface area contributed by atoms with Crippen molar-refractivity contribution in [3.05, 3.63) is 35.9 Å². The smallest absolute Gasteiger partial charge is 0.338 e. The summed E-state index contributed by atoms with van der Waals surface area (Å²) in [6, 6.07) is 8.42. The van der Waals surface area contributed by atoms with Crippen LogP contribution in [0, 0.1) is 34.5 Å². The maximum absolute atomic E-state index is 13.7. The molecule has 2 N–H and O–H groups in total. The number of esters is 2. The quantitative estimate of drug-likeness (QED) is 0.387. The van der Waals surface area contributed by atoms with Crippen LogP contribution in [0.1, 0.15) is 43.5 Å². The Kier molecular flexibility index (Phi) is 7.48. The molecule has 1 unspecified atom stereocenters. The van der Waals surface area contributed by atoms with Gasteiger partial charge in [0.2, 0.25) is 0 Å². The van der Waals surface area contributed by atoms with Gasteiger partial charge in [-0.1, -0.05) is 25.1 Å². The lowest BCUT2D eigenvalue weighted by Gasteiger charge is -2.69. The zero-order valence-corrected chi connectivity index (χ0v) is 27.0. The number of ether oxygens (including phenoxy) is 6. The number of hydrogen-bond acceptors (Lipinski definition) is 11. The Bertz CT molecular complexity index is 1330. The van der Waals surface area contributed by atoms with Gasteiger partial charge >= 0.3 is 11.9 Å². The van der Waals surface area contributed by atoms with Gasteiger partial charge in [0.1, 0.15) is 23.9 Å². The molecule has 1 saturated heterocycles. The average molecular weight is 630 g/mol. The maximum atomic E-state index is 13.7. The van der Waals surface area contributed by atoms with Crippen LogP contribution in [0.3, 0.4) is 0 Å². The molecule has 5 aliphatic carbocycles. The molecule has 45 heavy (non-hydrogen) atoms. The number of benzene rings is 1. The van der Waals surface area contributed by atoms with Crippen LogP contribution in [-0.4, -0.2) is 123 Å². The summed E-state index contributed by atoms with van der Waals surface area (Å²) in [5.41, 5.74) is -3.92. The summed E-state index contributed by atoms with van der Waals surface area (Å²) in [6.45, 7) is 5.44. The summed E-state index contributed by atoms with van der Waals surface area (Å²) in [7, 11) is 6.59. The summed E-state index contributed by atoms with van der Waals surface area (Å²) in [6.07, 6.45) is -2.64. The molecular formula is C34H47NO10. The van der Waals surface area contributed by atoms with Crippen molar-refractivity contribution in [3.8, 4) is 0 Å². The van der Waals surface area contributed by atoms with E-state index in [4.69, 9.17) is 28.4 Å². The number of hydrogen-bond donors (Lipinski definition) is 2. The number of carbonyl (C=O) groups is 2. The maximum Gasteiger partial charge on any atom is 0.338 e. The minimum atomic E-state index is -1.76. The molecule has 248 valence electrons. The van der Waals surface area contributed by atoms with Crippen molar-refractivity contribution in [2.24, 2.45) is 34.5 Å². The molecule has 1 heterocycles. The van der Waals surface area contributed by atoms with E-state index in [0.29, 0.717) is 18.7 Å². The van der Waals surface area contributed by atoms with Crippen molar-refractivity contribution in [2.75, 3.05) is 48.1 Å². The lowest BCUT2D eigenvalue weighted by atomic mass is 9.43. The molecular weight excluding hydrogens is 582 g/mol. The summed E-state index contributed by atoms with van der Waals surface area (Å²) in [4.78, 5) is 29.4. The highest BCUT2D eigenvalue weighted by molar-refractivity contribution is 5.89. The highest BCUT2D eigenvalue weighted by atomic mass is 16.6. The second-order valence-electron chi connectivity index (χ2n) is 14.3. The van der Waals surface area contributed by atoms with Crippen molar-refractivity contribution >= 4 is 11.9 Å². The van der Waals surface area contributed by atoms with Gasteiger partial charge in [-0.3, -0.25) is 9.69 Å². The first-order chi connectivity index (χ1) is 21.6. The van der Waals surface area contributed by atoms with Crippen LogP contribution in [0.25, 0.3) is 0 Å². The van der Waals surface area contributed by atoms with Gasteiger partial charge in [0.05, 0.1) is 24.4 Å². The molecule has 14 atom stereocenters. The molecule has 7 bridgehead atoms. The Morgan fingerprint density at radius 2 is 1.76 bits per heavy atom. The minimum Gasteiger partial charge on any atom is -0.455 e. The van der Waals surface area contributed by atoms with Crippen molar-refractivity contribution < 1.29 is 48.2 Å². The topological polar surface area (TPSA) is 133 Å². The van der Waals surface area contributed by atoms with Gasteiger partial charge in [0.15, 0.2) is 5.60 Å². The first kappa shape index (κ1) is 31.5. The molecule has 6 fully saturated rings. The van der Waals surface area contributed by atoms with E-state index in [1.165, 1.54) is 14.0 Å². The van der Waals surface area contributed by atoms with Gasteiger partial charge in [-0.05, 0) is 43.9 Å². The normalized spacial score (nSPS) is 49.1. The Morgan fingerprint density at radius 1 is 1.02 bits per heavy atom. The third-order valence-electron chi connectivity index (χ3n) is 13.0. The summed E-state index contributed by atoms with van der Waals surface area (Å²) in [5, 5.41) is 25.3. The van der Waals surface area contributed by atoms with Crippen molar-refractivity contribution in [3.63, 3.8) is 0 Å². The van der Waals surface area contributed by atoms with E-state index in [0.717, 1.165) is 19.4 Å². The second kappa shape index (κ2) is 10.7. The van der Waals surface area contributed by atoms with Crippen LogP contribution in [0.5, 0.6) is 0 Å². The molecule has 11 heteroatoms. The highest BCUT2D eigenvalue weighted by Crippen LogP contribution is 2.80. The average Bonchev–Trinajstić information content (AvgIpc) is 3.40. The largest absolute Gasteiger partial charge is 0.455 e. The molecule has 1 aromatic carbocycles. The fourth-order valence-corrected chi connectivity index (χ4v) is 12.4. The molecule has 1 aromatic rings. The highest BCUT2D eigenvalue weighted by Gasteiger charge is 2.91. The third-order valence-corrected chi connectivity index (χ3v) is 13.0. The molecule has 1 aliphatic heterocycles. The van der Waals surface area contributed by atoms with Gasteiger partial charge in [-0.2, -0.15) is 0 Å². The summed E-state index contributed by atoms with van der Waals surface area (Å²) < 4.78 is 37.7. The number of rotatable bonds is 9. The number of piperidine rings is 1. The van der Waals surface area contributed by atoms with Crippen LogP contribution in [0.4, 0.5) is 0 Å². The second-order valence-corrected chi connectivity index (χ2v) is 14.3. The Balaban J connectivity index is 1.52. The molecule has 7 rings (SSSR count). The van der Waals surface area contributed by atoms with Crippen LogP contribution in [-0.2, 0) is 33.2 Å². The SMILES string of the molecule is CCN1C[C@]2(COC)CC[C@H](OC)[C@]34C2[C@H](OC)[C@H]([C@H]13)[C@@]1(OC(C)=O)[C@H]2[C@@H](OC(=O)c3ccccc3)[C@](O)(C[C@H]24)[C@@H](OC)[C@@H]1O. The zero-order valence-electron chi connectivity index (χ0n) is 27.0. The van der Waals surface area contributed by atoms with E-state index in [9.17, 15) is 19.8 Å². The minimum absolute atomic E-state index is 0.101. The fraction of sp³-hybridized carbons (Fsp3) is 0.765. The number of carbonyl (C=O) groups excluding carboxylic acids is 2. The predicted octanol–water partition coefficient (Wildman–Crippen LogP) is 1.68. The van der Waals surface area contributed by atoms with Gasteiger partial charge in [-0.25, -0.2) is 4.79 Å². The van der Waals surface area contributed by atoms with Gasteiger partial charge in [0.25, 0.3) is 0 Å². The fourth-order valence-electron chi connectivity index (χ4n) is 12.4. The lowest BCUT2D eigenvalue weighted by Crippen LogP contribution is -2.80. The van der Waals surface area contributed by atoms with Crippen molar-refractivity contribution in [1.29, 1.82) is 0 Å². The Labute approximate surface area is 264 Å². The van der Waals surface area contributed by atoms with Crippen LogP contribution < -0.4 is 0 Å². The third kappa shape index (κ3) is 3.66. The number of fused-ring (bicyclic) bond motifs is 2. The van der Waals surface area contributed by atoms with Gasteiger partial charge in [0, 0.05) is 76.5 Å². The van der Waals surface area contributed by atoms with Gasteiger partial charge in [-0.15, -0.1) is 0 Å². The molecule has 1 spiro atoms. The molecule has 6 aliphatic rings. The van der Waals surface area contributed by atoms with E-state index < -0.39 is 64.8 Å². The van der Waals surface area contributed by atoms with Crippen molar-refractivity contribution in [1.82, 2.24) is 4.90 Å². The predicted molar refractivity (Wildman–Crippen MR) is 159 cm³/mol. The Morgan fingerprint density at radius 3 is 2.36 bits per heavy atom. The van der Waals surface area contributed by atoms with Crippen LogP contribution >= 0.6 is 0 Å². The first-order valence-corrected chi connectivity index (χ1v) is 16.2. The van der Waals surface area contributed by atoms with Crippen LogP contribution in [0.15, 0.2) is 30.3 Å². The molecule has 0 radical (unpaired) electrons. The summed E-state index contributed by atoms with van der Waals surface area (Å²) in [5.74, 6) is -2.95. The summed E-state index contributed by atoms with van der Waals surface area (Å²) >= 11 is 0. The lowest BCUT2D eigenvalue weighted by molar-refractivity contribution is -0.317. The number of aliphatic hydroxyl groups is 2. The molecule has 0 amide bonds. The van der Waals surface area contributed by atoms with E-state index >= 15 is 0 Å². The van der Waals surface area contributed by atoms with E-state index in [-0.39, 0.29) is 35.8 Å². The molecule has 5 saturated carbocycles. The Hall–Kier alpha value is -2.12. The molecule has 0 aromatic heterocycles. The van der Waals surface area contributed by atoms with Gasteiger partial charge < -0.3 is 38.6 Å².